The molecule has 0 saturated carbocycles. The highest BCUT2D eigenvalue weighted by atomic mass is 127. The minimum absolute atomic E-state index is 0.0474. The van der Waals surface area contributed by atoms with Crippen LogP contribution in [0.2, 0.25) is 0 Å². The topological polar surface area (TPSA) is 122 Å². The van der Waals surface area contributed by atoms with E-state index >= 15 is 0 Å². The maximum absolute atomic E-state index is 12.4. The van der Waals surface area contributed by atoms with Crippen molar-refractivity contribution < 1.29 is 33.6 Å². The highest BCUT2D eigenvalue weighted by Crippen LogP contribution is 2.45. The lowest BCUT2D eigenvalue weighted by Gasteiger charge is -2.34. The van der Waals surface area contributed by atoms with Gasteiger partial charge in [-0.05, 0) is 24.5 Å². The summed E-state index contributed by atoms with van der Waals surface area (Å²) in [6, 6.07) is 3.57. The summed E-state index contributed by atoms with van der Waals surface area (Å²) in [6.45, 7) is 3.36. The predicted octanol–water partition coefficient (Wildman–Crippen LogP) is 2.48. The number of methoxy groups -OCH3 is 2. The molecule has 1 aromatic carbocycles. The summed E-state index contributed by atoms with van der Waals surface area (Å²) in [7, 11) is 3.16. The first-order valence-electron chi connectivity index (χ1n) is 11.9. The van der Waals surface area contributed by atoms with Gasteiger partial charge in [0.2, 0.25) is 0 Å². The molecule has 0 bridgehead atoms. The van der Waals surface area contributed by atoms with E-state index in [1.54, 1.807) is 25.2 Å². The van der Waals surface area contributed by atoms with E-state index in [2.05, 4.69) is 13.7 Å². The number of nitrogens with zero attached hydrogens (tertiary/aromatic N) is 2. The normalized spacial score (nSPS) is 23.5. The number of aliphatic hydroxyl groups excluding tert-OH is 1. The van der Waals surface area contributed by atoms with Gasteiger partial charge >= 0.3 is 12.1 Å². The molecule has 3 aliphatic heterocycles. The van der Waals surface area contributed by atoms with Gasteiger partial charge in [-0.15, -0.1) is 0 Å². The number of halogens is 1. The molecule has 3 amide bonds. The van der Waals surface area contributed by atoms with E-state index in [-0.39, 0.29) is 24.3 Å². The fourth-order valence-corrected chi connectivity index (χ4v) is 5.30. The number of rotatable bonds is 6. The molecule has 1 aromatic rings. The van der Waals surface area contributed by atoms with E-state index in [0.29, 0.717) is 49.5 Å². The number of hydrogen-bond acceptors (Lipinski definition) is 8. The molecule has 3 aliphatic rings. The smallest absolute Gasteiger partial charge is 0.407 e. The summed E-state index contributed by atoms with van der Waals surface area (Å²) in [5.41, 5.74) is 1.53. The van der Waals surface area contributed by atoms with Gasteiger partial charge in [-0.2, -0.15) is 0 Å². The van der Waals surface area contributed by atoms with Crippen LogP contribution in [0.25, 0.3) is 0 Å². The monoisotopic (exact) mass is 604 g/mol. The third kappa shape index (κ3) is 6.22. The molecule has 2 fully saturated rings. The lowest BCUT2D eigenvalue weighted by molar-refractivity contribution is -0.128. The molecule has 35 heavy (non-hydrogen) atoms. The van der Waals surface area contributed by atoms with Crippen LogP contribution in [0.5, 0.6) is 11.5 Å². The van der Waals surface area contributed by atoms with Gasteiger partial charge in [0.05, 0.1) is 48.8 Å². The molecule has 0 spiro atoms. The van der Waals surface area contributed by atoms with Crippen LogP contribution in [0.4, 0.5) is 9.59 Å². The Labute approximate surface area is 218 Å². The Morgan fingerprint density at radius 3 is 2.46 bits per heavy atom. The first-order chi connectivity index (χ1) is 16.9. The Morgan fingerprint density at radius 1 is 1.11 bits per heavy atom. The van der Waals surface area contributed by atoms with E-state index < -0.39 is 12.4 Å². The summed E-state index contributed by atoms with van der Waals surface area (Å²) in [5, 5.41) is 13.4. The maximum atomic E-state index is 12.4. The van der Waals surface area contributed by atoms with Crippen molar-refractivity contribution in [1.29, 1.82) is 0 Å². The molecule has 0 aromatic heterocycles. The minimum atomic E-state index is -1.03. The van der Waals surface area contributed by atoms with E-state index in [9.17, 15) is 14.7 Å². The minimum Gasteiger partial charge on any atom is -0.497 e. The summed E-state index contributed by atoms with van der Waals surface area (Å²) >= 11 is 1.82. The second kappa shape index (κ2) is 11.8. The Balaban J connectivity index is 1.22. The number of nitrogens with one attached hydrogen (secondary N) is 2. The van der Waals surface area contributed by atoms with Gasteiger partial charge in [0, 0.05) is 57.7 Å². The Morgan fingerprint density at radius 2 is 1.83 bits per heavy atom. The number of ether oxygens (including phenoxy) is 4. The third-order valence-electron chi connectivity index (χ3n) is 6.91. The number of benzene rings is 1. The van der Waals surface area contributed by atoms with Crippen LogP contribution in [0.1, 0.15) is 49.2 Å². The second-order valence-corrected chi connectivity index (χ2v) is 9.56. The summed E-state index contributed by atoms with van der Waals surface area (Å²) in [5.74, 6) is 1.21. The highest BCUT2D eigenvalue weighted by molar-refractivity contribution is 14.1. The number of fused-ring (bicyclic) bond motifs is 1. The zero-order valence-electron chi connectivity index (χ0n) is 20.0. The van der Waals surface area contributed by atoms with Crippen LogP contribution >= 0.6 is 22.9 Å². The third-order valence-corrected chi connectivity index (χ3v) is 7.37. The lowest BCUT2D eigenvalue weighted by atomic mass is 10.0. The van der Waals surface area contributed by atoms with Crippen molar-refractivity contribution in [3.05, 3.63) is 23.3 Å². The molecule has 3 N–H and O–H groups in total. The number of urea groups is 1. The number of piperidine rings is 2. The van der Waals surface area contributed by atoms with Crippen molar-refractivity contribution in [3.63, 3.8) is 0 Å². The number of amides is 3. The number of carbonyl (C=O) groups excluding carboxylic acids is 2. The molecule has 0 radical (unpaired) electrons. The number of aliphatic hydroxyl groups is 1. The lowest BCUT2D eigenvalue weighted by Crippen LogP contribution is -2.48. The Kier molecular flexibility index (Phi) is 8.78. The van der Waals surface area contributed by atoms with Crippen molar-refractivity contribution in [2.75, 3.05) is 46.9 Å². The molecule has 12 heteroatoms. The molecule has 4 rings (SSSR count). The molecule has 2 saturated heterocycles. The fourth-order valence-electron chi connectivity index (χ4n) is 4.96. The Bertz CT molecular complexity index is 904. The Hall–Kier alpha value is -2.03. The molecule has 1 unspecified atom stereocenters. The van der Waals surface area contributed by atoms with Crippen molar-refractivity contribution in [2.45, 2.75) is 50.2 Å². The summed E-state index contributed by atoms with van der Waals surface area (Å²) in [4.78, 5) is 28.1. The van der Waals surface area contributed by atoms with E-state index in [1.165, 1.54) is 0 Å². The predicted molar refractivity (Wildman–Crippen MR) is 135 cm³/mol. The molecular formula is C23H33IN4O7. The van der Waals surface area contributed by atoms with Crippen LogP contribution < -0.4 is 18.3 Å². The molecule has 2 atom stereocenters. The first kappa shape index (κ1) is 26.0. The molecule has 0 aliphatic carbocycles. The van der Waals surface area contributed by atoms with Gasteiger partial charge in [-0.3, -0.25) is 3.53 Å². The van der Waals surface area contributed by atoms with Crippen LogP contribution in [0.3, 0.4) is 0 Å². The largest absolute Gasteiger partial charge is 0.497 e. The van der Waals surface area contributed by atoms with Crippen molar-refractivity contribution in [2.24, 2.45) is 0 Å². The average molecular weight is 604 g/mol. The molecular weight excluding hydrogens is 571 g/mol. The van der Waals surface area contributed by atoms with Crippen LogP contribution in [-0.2, 0) is 9.47 Å². The molecule has 3 heterocycles. The van der Waals surface area contributed by atoms with Crippen LogP contribution in [0.15, 0.2) is 12.1 Å². The first-order valence-corrected chi connectivity index (χ1v) is 12.9. The molecule has 194 valence electrons. The number of carbonyl (C=O) groups is 2. The SMILES string of the molecule is COc1cc(OC)c2c(c1)[C@@H](CN1CCC(NC(=O)OC3CCN(C(=O)NI)CC3)CC1)OC2O. The van der Waals surface area contributed by atoms with Crippen LogP contribution in [-0.4, -0.2) is 86.1 Å². The fraction of sp³-hybridized carbons (Fsp3) is 0.652. The van der Waals surface area contributed by atoms with Crippen molar-refractivity contribution in [3.8, 4) is 11.5 Å². The van der Waals surface area contributed by atoms with Gasteiger partial charge in [0.1, 0.15) is 17.6 Å². The number of alkyl carbamates (subject to hydrolysis) is 1. The quantitative estimate of drug-likeness (QED) is 0.335. The number of hydrogen-bond donors (Lipinski definition) is 3. The van der Waals surface area contributed by atoms with Crippen molar-refractivity contribution >= 4 is 35.0 Å². The average Bonchev–Trinajstić information content (AvgIpc) is 3.19. The standard InChI is InChI=1S/C23H33IN4O7/c1-32-16-11-17-19(35-21(29)20(17)18(12-16)33-2)13-27-7-3-14(4-8-27)25-23(31)34-15-5-9-28(10-6-15)22(30)26-24/h11-12,14-15,19,21,29H,3-10,13H2,1-2H3,(H,25,31)(H,26,30)/t19-,21?/m1/s1. The van der Waals surface area contributed by atoms with Gasteiger partial charge < -0.3 is 39.2 Å². The second-order valence-electron chi connectivity index (χ2n) is 9.02. The zero-order chi connectivity index (χ0) is 24.9. The van der Waals surface area contributed by atoms with Gasteiger partial charge in [-0.25, -0.2) is 9.59 Å². The van der Waals surface area contributed by atoms with Crippen LogP contribution in [0, 0.1) is 0 Å². The van der Waals surface area contributed by atoms with Crippen molar-refractivity contribution in [1.82, 2.24) is 18.6 Å². The van der Waals surface area contributed by atoms with Gasteiger partial charge in [0.25, 0.3) is 0 Å². The summed E-state index contributed by atoms with van der Waals surface area (Å²) < 4.78 is 24.8. The maximum Gasteiger partial charge on any atom is 0.407 e. The number of likely N-dealkylation sites (tertiary alicyclic amines) is 2. The van der Waals surface area contributed by atoms with Gasteiger partial charge in [-0.1, -0.05) is 0 Å². The summed E-state index contributed by atoms with van der Waals surface area (Å²) in [6.07, 6.45) is 0.982. The van der Waals surface area contributed by atoms with Gasteiger partial charge in [0.15, 0.2) is 6.29 Å². The zero-order valence-corrected chi connectivity index (χ0v) is 22.2. The van der Waals surface area contributed by atoms with E-state index in [0.717, 1.165) is 31.5 Å². The molecule has 11 nitrogen and oxygen atoms in total. The highest BCUT2D eigenvalue weighted by Gasteiger charge is 2.36. The van der Waals surface area contributed by atoms with E-state index in [1.807, 2.05) is 28.9 Å². The van der Waals surface area contributed by atoms with E-state index in [4.69, 9.17) is 18.9 Å².